The molecule has 0 saturated carbocycles. The predicted octanol–water partition coefficient (Wildman–Crippen LogP) is 6.18. The Hall–Kier alpha value is -1.43. The maximum atomic E-state index is 12.8. The maximum absolute atomic E-state index is 12.8. The van der Waals surface area contributed by atoms with Gasteiger partial charge in [0.15, 0.2) is 0 Å². The van der Waals surface area contributed by atoms with E-state index in [1.165, 1.54) is 24.3 Å². The van der Waals surface area contributed by atoms with Crippen LogP contribution in [0.15, 0.2) is 36.4 Å². The molecule has 116 valence electrons. The Labute approximate surface area is 138 Å². The molecular weight excluding hydrogens is 364 g/mol. The first-order valence-electron chi connectivity index (χ1n) is 5.73. The Kier molecular flexibility index (Phi) is 4.90. The average molecular weight is 370 g/mol. The van der Waals surface area contributed by atoms with Crippen molar-refractivity contribution in [2.45, 2.75) is 6.18 Å². The molecule has 0 heterocycles. The molecule has 2 aromatic carbocycles. The zero-order chi connectivity index (χ0) is 16.5. The fourth-order valence-electron chi connectivity index (χ4n) is 1.65. The van der Waals surface area contributed by atoms with Crippen LogP contribution in [0.1, 0.15) is 15.9 Å². The van der Waals surface area contributed by atoms with Gasteiger partial charge in [0.05, 0.1) is 21.2 Å². The molecule has 0 fully saturated rings. The van der Waals surface area contributed by atoms with E-state index >= 15 is 0 Å². The fourth-order valence-corrected chi connectivity index (χ4v) is 2.33. The van der Waals surface area contributed by atoms with Gasteiger partial charge in [0.25, 0.3) is 5.24 Å². The smallest absolute Gasteiger partial charge is 0.417 e. The molecule has 0 radical (unpaired) electrons. The Bertz CT molecular complexity index is 730. The number of carbonyl (C=O) groups is 1. The normalized spacial score (nSPS) is 11.4. The largest absolute Gasteiger partial charge is 0.456 e. The quantitative estimate of drug-likeness (QED) is 0.604. The summed E-state index contributed by atoms with van der Waals surface area (Å²) in [5, 5.41) is -1.29. The Morgan fingerprint density at radius 1 is 1.09 bits per heavy atom. The summed E-state index contributed by atoms with van der Waals surface area (Å²) in [5.41, 5.74) is -1.04. The lowest BCUT2D eigenvalue weighted by molar-refractivity contribution is -0.137. The molecule has 0 unspecified atom stereocenters. The topological polar surface area (TPSA) is 26.3 Å². The van der Waals surface area contributed by atoms with Gasteiger partial charge in [0, 0.05) is 0 Å². The molecular formula is C14H6Cl3F3O2. The minimum atomic E-state index is -4.60. The lowest BCUT2D eigenvalue weighted by atomic mass is 10.2. The van der Waals surface area contributed by atoms with E-state index in [4.69, 9.17) is 39.5 Å². The SMILES string of the molecule is O=C(Cl)c1cc(Oc2cccc(C(F)(F)F)c2Cl)ccc1Cl. The summed E-state index contributed by atoms with van der Waals surface area (Å²) >= 11 is 16.8. The van der Waals surface area contributed by atoms with Gasteiger partial charge in [0.2, 0.25) is 0 Å². The number of alkyl halides is 3. The molecule has 0 atom stereocenters. The van der Waals surface area contributed by atoms with E-state index in [0.717, 1.165) is 12.1 Å². The van der Waals surface area contributed by atoms with Crippen molar-refractivity contribution in [3.8, 4) is 11.5 Å². The van der Waals surface area contributed by atoms with Gasteiger partial charge in [-0.2, -0.15) is 13.2 Å². The van der Waals surface area contributed by atoms with Crippen LogP contribution in [0, 0.1) is 0 Å². The Balaban J connectivity index is 2.40. The van der Waals surface area contributed by atoms with Crippen LogP contribution in [0.3, 0.4) is 0 Å². The van der Waals surface area contributed by atoms with Crippen molar-refractivity contribution in [3.05, 3.63) is 57.6 Å². The van der Waals surface area contributed by atoms with Gasteiger partial charge in [-0.25, -0.2) is 0 Å². The van der Waals surface area contributed by atoms with Gasteiger partial charge in [-0.05, 0) is 41.9 Å². The average Bonchev–Trinajstić information content (AvgIpc) is 2.41. The third-order valence-corrected chi connectivity index (χ3v) is 3.57. The van der Waals surface area contributed by atoms with Crippen molar-refractivity contribution in [1.82, 2.24) is 0 Å². The summed E-state index contributed by atoms with van der Waals surface area (Å²) in [4.78, 5) is 11.2. The van der Waals surface area contributed by atoms with Gasteiger partial charge >= 0.3 is 6.18 Å². The van der Waals surface area contributed by atoms with Crippen LogP contribution in [-0.2, 0) is 6.18 Å². The standard InChI is InChI=1S/C14H6Cl3F3O2/c15-10-5-4-7(6-8(10)13(17)21)22-11-3-1-2-9(12(11)16)14(18,19)20/h1-6H. The van der Waals surface area contributed by atoms with E-state index in [2.05, 4.69) is 0 Å². The molecule has 2 aromatic rings. The van der Waals surface area contributed by atoms with Crippen LogP contribution in [0.5, 0.6) is 11.5 Å². The van der Waals surface area contributed by atoms with Crippen LogP contribution in [0.25, 0.3) is 0 Å². The molecule has 0 spiro atoms. The van der Waals surface area contributed by atoms with Crippen molar-refractivity contribution < 1.29 is 22.7 Å². The monoisotopic (exact) mass is 368 g/mol. The van der Waals surface area contributed by atoms with Crippen molar-refractivity contribution >= 4 is 40.0 Å². The predicted molar refractivity (Wildman–Crippen MR) is 78.2 cm³/mol. The van der Waals surface area contributed by atoms with Crippen molar-refractivity contribution in [2.75, 3.05) is 0 Å². The summed E-state index contributed by atoms with van der Waals surface area (Å²) < 4.78 is 43.6. The van der Waals surface area contributed by atoms with Crippen LogP contribution in [0.4, 0.5) is 13.2 Å². The summed E-state index contributed by atoms with van der Waals surface area (Å²) in [7, 11) is 0. The summed E-state index contributed by atoms with van der Waals surface area (Å²) in [6.45, 7) is 0. The van der Waals surface area contributed by atoms with Crippen LogP contribution in [-0.4, -0.2) is 5.24 Å². The molecule has 2 rings (SSSR count). The first kappa shape index (κ1) is 16.9. The number of carbonyl (C=O) groups excluding carboxylic acids is 1. The fraction of sp³-hybridized carbons (Fsp3) is 0.0714. The van der Waals surface area contributed by atoms with E-state index in [1.807, 2.05) is 0 Å². The summed E-state index contributed by atoms with van der Waals surface area (Å²) in [6, 6.07) is 7.21. The zero-order valence-corrected chi connectivity index (χ0v) is 12.8. The second-order valence-electron chi connectivity index (χ2n) is 4.13. The number of hydrogen-bond donors (Lipinski definition) is 0. The maximum Gasteiger partial charge on any atom is 0.417 e. The van der Waals surface area contributed by atoms with E-state index < -0.39 is 22.0 Å². The molecule has 2 nitrogen and oxygen atoms in total. The molecule has 0 amide bonds. The molecule has 0 bridgehead atoms. The van der Waals surface area contributed by atoms with Gasteiger partial charge in [0.1, 0.15) is 11.5 Å². The highest BCUT2D eigenvalue weighted by molar-refractivity contribution is 6.68. The van der Waals surface area contributed by atoms with Crippen molar-refractivity contribution in [1.29, 1.82) is 0 Å². The first-order valence-corrected chi connectivity index (χ1v) is 6.86. The Morgan fingerprint density at radius 3 is 2.36 bits per heavy atom. The van der Waals surface area contributed by atoms with Gasteiger partial charge in [-0.3, -0.25) is 4.79 Å². The summed E-state index contributed by atoms with van der Waals surface area (Å²) in [6.07, 6.45) is -4.60. The lowest BCUT2D eigenvalue weighted by Crippen LogP contribution is -2.06. The number of ether oxygens (including phenoxy) is 1. The summed E-state index contributed by atoms with van der Waals surface area (Å²) in [5.74, 6) is -0.124. The van der Waals surface area contributed by atoms with E-state index in [1.54, 1.807) is 0 Å². The van der Waals surface area contributed by atoms with Crippen LogP contribution in [0.2, 0.25) is 10.0 Å². The third-order valence-electron chi connectivity index (χ3n) is 2.65. The molecule has 0 aliphatic heterocycles. The first-order chi connectivity index (χ1) is 10.2. The van der Waals surface area contributed by atoms with Crippen LogP contribution >= 0.6 is 34.8 Å². The molecule has 0 aliphatic carbocycles. The highest BCUT2D eigenvalue weighted by Crippen LogP contribution is 2.40. The molecule has 0 saturated heterocycles. The second kappa shape index (κ2) is 6.36. The van der Waals surface area contributed by atoms with Crippen molar-refractivity contribution in [2.24, 2.45) is 0 Å². The Morgan fingerprint density at radius 2 is 1.77 bits per heavy atom. The third kappa shape index (κ3) is 3.66. The highest BCUT2D eigenvalue weighted by atomic mass is 35.5. The molecule has 0 aliphatic rings. The number of halogens is 6. The van der Waals surface area contributed by atoms with Gasteiger partial charge < -0.3 is 4.74 Å². The van der Waals surface area contributed by atoms with Gasteiger partial charge in [-0.1, -0.05) is 29.3 Å². The van der Waals surface area contributed by atoms with Crippen molar-refractivity contribution in [3.63, 3.8) is 0 Å². The highest BCUT2D eigenvalue weighted by Gasteiger charge is 2.34. The molecule has 0 aromatic heterocycles. The van der Waals surface area contributed by atoms with Crippen LogP contribution < -0.4 is 4.74 Å². The second-order valence-corrected chi connectivity index (χ2v) is 5.26. The minimum absolute atomic E-state index is 0.0241. The molecule has 0 N–H and O–H groups in total. The number of rotatable bonds is 3. The minimum Gasteiger partial charge on any atom is -0.456 e. The van der Waals surface area contributed by atoms with E-state index in [-0.39, 0.29) is 22.1 Å². The van der Waals surface area contributed by atoms with E-state index in [9.17, 15) is 18.0 Å². The lowest BCUT2D eigenvalue weighted by Gasteiger charge is -2.13. The number of hydrogen-bond acceptors (Lipinski definition) is 2. The zero-order valence-electron chi connectivity index (χ0n) is 10.5. The van der Waals surface area contributed by atoms with E-state index in [0.29, 0.717) is 0 Å². The molecule has 8 heteroatoms. The number of benzene rings is 2. The van der Waals surface area contributed by atoms with Gasteiger partial charge in [-0.15, -0.1) is 0 Å². The molecule has 22 heavy (non-hydrogen) atoms.